The molecule has 1 fully saturated rings. The highest BCUT2D eigenvalue weighted by atomic mass is 16.5. The Balaban J connectivity index is 2.17. The summed E-state index contributed by atoms with van der Waals surface area (Å²) >= 11 is 0. The SMILES string of the molecule is CCOC(=N)CCN1CCN(C(=O)O)CC1. The number of ether oxygens (including phenoxy) is 1. The number of rotatable bonds is 4. The lowest BCUT2D eigenvalue weighted by Crippen LogP contribution is -2.48. The third kappa shape index (κ3) is 4.06. The molecule has 1 saturated heterocycles. The monoisotopic (exact) mass is 229 g/mol. The predicted octanol–water partition coefficient (Wildman–Crippen LogP) is 0.686. The predicted molar refractivity (Wildman–Crippen MR) is 60.0 cm³/mol. The third-order valence-corrected chi connectivity index (χ3v) is 2.62. The van der Waals surface area contributed by atoms with Crippen molar-refractivity contribution in [2.45, 2.75) is 13.3 Å². The number of hydrogen-bond donors (Lipinski definition) is 2. The smallest absolute Gasteiger partial charge is 0.407 e. The number of amides is 1. The van der Waals surface area contributed by atoms with Gasteiger partial charge in [-0.3, -0.25) is 10.3 Å². The van der Waals surface area contributed by atoms with Crippen LogP contribution in [0, 0.1) is 5.41 Å². The maximum atomic E-state index is 10.7. The molecule has 0 unspecified atom stereocenters. The Bertz CT molecular complexity index is 250. The zero-order chi connectivity index (χ0) is 12.0. The van der Waals surface area contributed by atoms with Gasteiger partial charge in [-0.25, -0.2) is 4.79 Å². The van der Waals surface area contributed by atoms with E-state index < -0.39 is 6.09 Å². The fraction of sp³-hybridized carbons (Fsp3) is 0.800. The Kier molecular flexibility index (Phi) is 5.04. The molecule has 6 heteroatoms. The van der Waals surface area contributed by atoms with Gasteiger partial charge >= 0.3 is 6.09 Å². The van der Waals surface area contributed by atoms with E-state index in [0.717, 1.165) is 19.6 Å². The van der Waals surface area contributed by atoms with Crippen LogP contribution in [0.4, 0.5) is 4.79 Å². The second-order valence-corrected chi connectivity index (χ2v) is 3.72. The van der Waals surface area contributed by atoms with Crippen LogP contribution in [-0.2, 0) is 4.74 Å². The van der Waals surface area contributed by atoms with Crippen molar-refractivity contribution >= 4 is 12.0 Å². The molecule has 0 aromatic heterocycles. The van der Waals surface area contributed by atoms with Crippen LogP contribution in [0.3, 0.4) is 0 Å². The van der Waals surface area contributed by atoms with Crippen molar-refractivity contribution in [3.8, 4) is 0 Å². The van der Waals surface area contributed by atoms with Crippen LogP contribution >= 0.6 is 0 Å². The first-order chi connectivity index (χ1) is 7.63. The first-order valence-corrected chi connectivity index (χ1v) is 5.54. The molecule has 6 nitrogen and oxygen atoms in total. The molecule has 1 aliphatic heterocycles. The van der Waals surface area contributed by atoms with Gasteiger partial charge < -0.3 is 14.7 Å². The van der Waals surface area contributed by atoms with E-state index in [-0.39, 0.29) is 0 Å². The van der Waals surface area contributed by atoms with Crippen LogP contribution < -0.4 is 0 Å². The standard InChI is InChI=1S/C10H19N3O3/c1-2-16-9(11)3-4-12-5-7-13(8-6-12)10(14)15/h11H,2-8H2,1H3,(H,14,15). The first kappa shape index (κ1) is 12.8. The minimum Gasteiger partial charge on any atom is -0.481 e. The molecular formula is C10H19N3O3. The second-order valence-electron chi connectivity index (χ2n) is 3.72. The minimum absolute atomic E-state index is 0.308. The van der Waals surface area contributed by atoms with Crippen molar-refractivity contribution < 1.29 is 14.6 Å². The molecule has 92 valence electrons. The Morgan fingerprint density at radius 3 is 2.50 bits per heavy atom. The zero-order valence-electron chi connectivity index (χ0n) is 9.61. The number of nitrogens with zero attached hydrogens (tertiary/aromatic N) is 2. The minimum atomic E-state index is -0.846. The second kappa shape index (κ2) is 6.32. The topological polar surface area (TPSA) is 76.9 Å². The van der Waals surface area contributed by atoms with Crippen LogP contribution in [0.2, 0.25) is 0 Å². The van der Waals surface area contributed by atoms with Crippen LogP contribution in [-0.4, -0.2) is 66.2 Å². The average Bonchev–Trinajstić information content (AvgIpc) is 2.27. The molecule has 0 aromatic carbocycles. The van der Waals surface area contributed by atoms with E-state index in [4.69, 9.17) is 15.3 Å². The fourth-order valence-corrected chi connectivity index (χ4v) is 1.67. The van der Waals surface area contributed by atoms with Gasteiger partial charge in [-0.1, -0.05) is 0 Å². The third-order valence-electron chi connectivity index (χ3n) is 2.62. The number of piperazine rings is 1. The molecule has 2 N–H and O–H groups in total. The lowest BCUT2D eigenvalue weighted by molar-refractivity contribution is 0.106. The van der Waals surface area contributed by atoms with E-state index in [1.807, 2.05) is 6.92 Å². The molecule has 0 aromatic rings. The van der Waals surface area contributed by atoms with E-state index in [9.17, 15) is 4.79 Å². The van der Waals surface area contributed by atoms with Crippen molar-refractivity contribution in [3.63, 3.8) is 0 Å². The number of carbonyl (C=O) groups is 1. The largest absolute Gasteiger partial charge is 0.481 e. The number of carboxylic acid groups (broad SMARTS) is 1. The Morgan fingerprint density at radius 1 is 1.38 bits per heavy atom. The van der Waals surface area contributed by atoms with Crippen molar-refractivity contribution in [1.29, 1.82) is 5.41 Å². The van der Waals surface area contributed by atoms with E-state index in [2.05, 4.69) is 4.90 Å². The summed E-state index contributed by atoms with van der Waals surface area (Å²) in [5, 5.41) is 16.2. The van der Waals surface area contributed by atoms with Gasteiger partial charge in [0.15, 0.2) is 5.90 Å². The highest BCUT2D eigenvalue weighted by Gasteiger charge is 2.20. The number of nitrogens with one attached hydrogen (secondary N) is 1. The molecule has 0 aliphatic carbocycles. The Labute approximate surface area is 95.3 Å². The summed E-state index contributed by atoms with van der Waals surface area (Å²) in [5.74, 6) is 0.308. The normalized spacial score (nSPS) is 17.2. The molecule has 1 aliphatic rings. The molecular weight excluding hydrogens is 210 g/mol. The van der Waals surface area contributed by atoms with Gasteiger partial charge in [0.2, 0.25) is 0 Å². The highest BCUT2D eigenvalue weighted by molar-refractivity contribution is 5.72. The van der Waals surface area contributed by atoms with Crippen LogP contribution in [0.5, 0.6) is 0 Å². The summed E-state index contributed by atoms with van der Waals surface area (Å²) in [6.07, 6.45) is -0.248. The average molecular weight is 229 g/mol. The Hall–Kier alpha value is -1.30. The molecule has 1 amide bonds. The lowest BCUT2D eigenvalue weighted by atomic mass is 10.3. The Morgan fingerprint density at radius 2 is 2.00 bits per heavy atom. The summed E-state index contributed by atoms with van der Waals surface area (Å²) in [6, 6.07) is 0. The van der Waals surface area contributed by atoms with E-state index in [0.29, 0.717) is 32.0 Å². The van der Waals surface area contributed by atoms with Gasteiger partial charge in [-0.2, -0.15) is 0 Å². The first-order valence-electron chi connectivity index (χ1n) is 5.54. The van der Waals surface area contributed by atoms with E-state index >= 15 is 0 Å². The van der Waals surface area contributed by atoms with Crippen LogP contribution in [0.25, 0.3) is 0 Å². The van der Waals surface area contributed by atoms with Crippen molar-refractivity contribution in [2.24, 2.45) is 0 Å². The highest BCUT2D eigenvalue weighted by Crippen LogP contribution is 2.03. The van der Waals surface area contributed by atoms with Gasteiger partial charge in [0, 0.05) is 39.1 Å². The van der Waals surface area contributed by atoms with Gasteiger partial charge in [-0.15, -0.1) is 0 Å². The van der Waals surface area contributed by atoms with Crippen LogP contribution in [0.15, 0.2) is 0 Å². The molecule has 1 rings (SSSR count). The lowest BCUT2D eigenvalue weighted by Gasteiger charge is -2.32. The summed E-state index contributed by atoms with van der Waals surface area (Å²) in [5.41, 5.74) is 0. The molecule has 0 saturated carbocycles. The van der Waals surface area contributed by atoms with Crippen LogP contribution in [0.1, 0.15) is 13.3 Å². The number of hydrogen-bond acceptors (Lipinski definition) is 4. The van der Waals surface area contributed by atoms with Gasteiger partial charge in [0.1, 0.15) is 0 Å². The fourth-order valence-electron chi connectivity index (χ4n) is 1.67. The molecule has 0 radical (unpaired) electrons. The maximum absolute atomic E-state index is 10.7. The van der Waals surface area contributed by atoms with Gasteiger partial charge in [0.25, 0.3) is 0 Å². The molecule has 0 spiro atoms. The zero-order valence-corrected chi connectivity index (χ0v) is 9.61. The van der Waals surface area contributed by atoms with E-state index in [1.165, 1.54) is 4.90 Å². The summed E-state index contributed by atoms with van der Waals surface area (Å²) in [6.45, 7) is 5.75. The molecule has 1 heterocycles. The van der Waals surface area contributed by atoms with Crippen molar-refractivity contribution in [3.05, 3.63) is 0 Å². The molecule has 0 bridgehead atoms. The maximum Gasteiger partial charge on any atom is 0.407 e. The van der Waals surface area contributed by atoms with Gasteiger partial charge in [-0.05, 0) is 6.92 Å². The van der Waals surface area contributed by atoms with Crippen molar-refractivity contribution in [2.75, 3.05) is 39.3 Å². The summed E-state index contributed by atoms with van der Waals surface area (Å²) < 4.78 is 5.04. The van der Waals surface area contributed by atoms with Gasteiger partial charge in [0.05, 0.1) is 6.61 Å². The molecule has 16 heavy (non-hydrogen) atoms. The summed E-state index contributed by atoms with van der Waals surface area (Å²) in [4.78, 5) is 14.2. The van der Waals surface area contributed by atoms with E-state index in [1.54, 1.807) is 0 Å². The quantitative estimate of drug-likeness (QED) is 0.549. The van der Waals surface area contributed by atoms with Crippen molar-refractivity contribution in [1.82, 2.24) is 9.80 Å². The molecule has 0 atom stereocenters. The summed E-state index contributed by atoms with van der Waals surface area (Å²) in [7, 11) is 0.